The highest BCUT2D eigenvalue weighted by Crippen LogP contribution is 2.19. The fourth-order valence-corrected chi connectivity index (χ4v) is 2.16. The van der Waals surface area contributed by atoms with Crippen LogP contribution in [0.1, 0.15) is 18.3 Å². The van der Waals surface area contributed by atoms with E-state index in [0.29, 0.717) is 18.2 Å². The fraction of sp³-hybridized carbons (Fsp3) is 0.200. The van der Waals surface area contributed by atoms with Gasteiger partial charge in [-0.05, 0) is 24.6 Å². The van der Waals surface area contributed by atoms with Gasteiger partial charge in [0.15, 0.2) is 0 Å². The Morgan fingerprint density at radius 2 is 2.14 bits per heavy atom. The Hall–Kier alpha value is -2.96. The second-order valence-corrected chi connectivity index (χ2v) is 4.95. The van der Waals surface area contributed by atoms with Crippen molar-refractivity contribution in [1.82, 2.24) is 19.9 Å². The molecule has 112 valence electrons. The van der Waals surface area contributed by atoms with E-state index in [1.54, 1.807) is 12.3 Å². The zero-order valence-electron chi connectivity index (χ0n) is 12.3. The van der Waals surface area contributed by atoms with E-state index in [9.17, 15) is 4.79 Å². The summed E-state index contributed by atoms with van der Waals surface area (Å²) in [5.74, 6) is 1.90. The van der Waals surface area contributed by atoms with Crippen LogP contribution in [-0.4, -0.2) is 25.8 Å². The number of anilines is 2. The number of pyridine rings is 1. The molecule has 3 aromatic heterocycles. The van der Waals surface area contributed by atoms with Crippen molar-refractivity contribution in [3.63, 3.8) is 0 Å². The summed E-state index contributed by atoms with van der Waals surface area (Å²) in [6, 6.07) is 5.62. The highest BCUT2D eigenvalue weighted by atomic mass is 16.1. The molecule has 7 nitrogen and oxygen atoms in total. The first kappa shape index (κ1) is 14.0. The SMILES string of the molecule is CC(=O)Nc1ccc(CNc2nc(C)nc3[nH]ccc23)cn1. The average molecular weight is 296 g/mol. The Balaban J connectivity index is 1.73. The topological polar surface area (TPSA) is 95.6 Å². The first-order valence-electron chi connectivity index (χ1n) is 6.90. The lowest BCUT2D eigenvalue weighted by molar-refractivity contribution is -0.114. The lowest BCUT2D eigenvalue weighted by atomic mass is 10.2. The summed E-state index contributed by atoms with van der Waals surface area (Å²) < 4.78 is 0. The molecule has 0 spiro atoms. The van der Waals surface area contributed by atoms with E-state index in [-0.39, 0.29) is 5.91 Å². The summed E-state index contributed by atoms with van der Waals surface area (Å²) >= 11 is 0. The molecule has 3 heterocycles. The maximum atomic E-state index is 11.0. The van der Waals surface area contributed by atoms with Gasteiger partial charge in [-0.25, -0.2) is 15.0 Å². The summed E-state index contributed by atoms with van der Waals surface area (Å²) in [5, 5.41) is 6.88. The zero-order chi connectivity index (χ0) is 15.5. The van der Waals surface area contributed by atoms with E-state index in [2.05, 4.69) is 30.6 Å². The van der Waals surface area contributed by atoms with E-state index < -0.39 is 0 Å². The minimum absolute atomic E-state index is 0.135. The van der Waals surface area contributed by atoms with E-state index in [1.807, 2.05) is 25.3 Å². The summed E-state index contributed by atoms with van der Waals surface area (Å²) in [4.78, 5) is 27.0. The third-order valence-electron chi connectivity index (χ3n) is 3.12. The molecule has 3 rings (SSSR count). The number of fused-ring (bicyclic) bond motifs is 1. The standard InChI is InChI=1S/C15H16N6O/c1-9-19-14-12(5-6-16-14)15(20-9)18-8-11-3-4-13(17-7-11)21-10(2)22/h3-7H,8H2,1-2H3,(H,17,21,22)(H2,16,18,19,20). The van der Waals surface area contributed by atoms with Gasteiger partial charge in [0.2, 0.25) is 5.91 Å². The molecule has 0 aliphatic rings. The van der Waals surface area contributed by atoms with Crippen LogP contribution in [0, 0.1) is 6.92 Å². The second-order valence-electron chi connectivity index (χ2n) is 4.95. The Morgan fingerprint density at radius 1 is 1.27 bits per heavy atom. The Morgan fingerprint density at radius 3 is 2.86 bits per heavy atom. The van der Waals surface area contributed by atoms with E-state index in [4.69, 9.17) is 0 Å². The largest absolute Gasteiger partial charge is 0.365 e. The van der Waals surface area contributed by atoms with Gasteiger partial charge in [-0.2, -0.15) is 0 Å². The first-order valence-corrected chi connectivity index (χ1v) is 6.90. The van der Waals surface area contributed by atoms with Gasteiger partial charge >= 0.3 is 0 Å². The van der Waals surface area contributed by atoms with Crippen molar-refractivity contribution >= 4 is 28.6 Å². The van der Waals surface area contributed by atoms with Crippen LogP contribution in [0.3, 0.4) is 0 Å². The van der Waals surface area contributed by atoms with Crippen molar-refractivity contribution < 1.29 is 4.79 Å². The summed E-state index contributed by atoms with van der Waals surface area (Å²) in [5.41, 5.74) is 1.81. The molecule has 0 atom stereocenters. The molecule has 1 amide bonds. The molecule has 3 N–H and O–H groups in total. The number of carbonyl (C=O) groups excluding carboxylic acids is 1. The van der Waals surface area contributed by atoms with Crippen LogP contribution < -0.4 is 10.6 Å². The van der Waals surface area contributed by atoms with E-state index in [0.717, 1.165) is 22.4 Å². The predicted octanol–water partition coefficient (Wildman–Crippen LogP) is 2.23. The van der Waals surface area contributed by atoms with Crippen LogP contribution in [0.2, 0.25) is 0 Å². The number of aromatic nitrogens is 4. The third kappa shape index (κ3) is 3.03. The lowest BCUT2D eigenvalue weighted by Gasteiger charge is -2.08. The molecule has 0 saturated carbocycles. The monoisotopic (exact) mass is 296 g/mol. The van der Waals surface area contributed by atoms with Gasteiger partial charge in [0.1, 0.15) is 23.1 Å². The number of amides is 1. The highest BCUT2D eigenvalue weighted by molar-refractivity contribution is 5.87. The number of H-pyrrole nitrogens is 1. The summed E-state index contributed by atoms with van der Waals surface area (Å²) in [6.07, 6.45) is 3.56. The van der Waals surface area contributed by atoms with Gasteiger partial charge in [-0.15, -0.1) is 0 Å². The molecule has 22 heavy (non-hydrogen) atoms. The zero-order valence-corrected chi connectivity index (χ0v) is 12.3. The number of aromatic amines is 1. The van der Waals surface area contributed by atoms with E-state index in [1.165, 1.54) is 6.92 Å². The first-order chi connectivity index (χ1) is 10.6. The van der Waals surface area contributed by atoms with Crippen LogP contribution in [0.15, 0.2) is 30.6 Å². The van der Waals surface area contributed by atoms with Crippen molar-refractivity contribution in [2.75, 3.05) is 10.6 Å². The summed E-state index contributed by atoms with van der Waals surface area (Å²) in [6.45, 7) is 3.90. The van der Waals surface area contributed by atoms with Crippen LogP contribution in [0.25, 0.3) is 11.0 Å². The number of aryl methyl sites for hydroxylation is 1. The molecule has 0 radical (unpaired) electrons. The Bertz CT molecular complexity index is 809. The number of hydrogen-bond donors (Lipinski definition) is 3. The molecule has 0 bridgehead atoms. The Kier molecular flexibility index (Phi) is 3.69. The highest BCUT2D eigenvalue weighted by Gasteiger charge is 2.06. The average Bonchev–Trinajstić information content (AvgIpc) is 2.93. The molecule has 0 aliphatic carbocycles. The number of hydrogen-bond acceptors (Lipinski definition) is 5. The molecule has 3 aromatic rings. The number of carbonyl (C=O) groups is 1. The molecule has 0 unspecified atom stereocenters. The normalized spacial score (nSPS) is 10.6. The molecule has 0 saturated heterocycles. The molecule has 0 aromatic carbocycles. The molecule has 0 fully saturated rings. The van der Waals surface area contributed by atoms with Crippen molar-refractivity contribution in [1.29, 1.82) is 0 Å². The van der Waals surface area contributed by atoms with Crippen LogP contribution in [0.5, 0.6) is 0 Å². The van der Waals surface area contributed by atoms with Crippen LogP contribution in [-0.2, 0) is 11.3 Å². The lowest BCUT2D eigenvalue weighted by Crippen LogP contribution is -2.08. The second kappa shape index (κ2) is 5.80. The third-order valence-corrected chi connectivity index (χ3v) is 3.12. The number of nitrogens with zero attached hydrogens (tertiary/aromatic N) is 3. The van der Waals surface area contributed by atoms with Crippen LogP contribution >= 0.6 is 0 Å². The predicted molar refractivity (Wildman–Crippen MR) is 84.5 cm³/mol. The maximum absolute atomic E-state index is 11.0. The van der Waals surface area contributed by atoms with Gasteiger partial charge in [-0.1, -0.05) is 6.07 Å². The van der Waals surface area contributed by atoms with Crippen molar-refractivity contribution in [2.24, 2.45) is 0 Å². The number of nitrogens with one attached hydrogen (secondary N) is 3. The van der Waals surface area contributed by atoms with Gasteiger partial charge < -0.3 is 15.6 Å². The molecule has 7 heteroatoms. The molecular formula is C15H16N6O. The molecule has 0 aliphatic heterocycles. The van der Waals surface area contributed by atoms with Crippen molar-refractivity contribution in [3.8, 4) is 0 Å². The van der Waals surface area contributed by atoms with Gasteiger partial charge in [0.25, 0.3) is 0 Å². The van der Waals surface area contributed by atoms with Crippen molar-refractivity contribution in [2.45, 2.75) is 20.4 Å². The molecular weight excluding hydrogens is 280 g/mol. The number of rotatable bonds is 4. The Labute approximate surface area is 127 Å². The summed E-state index contributed by atoms with van der Waals surface area (Å²) in [7, 11) is 0. The smallest absolute Gasteiger partial charge is 0.222 e. The minimum atomic E-state index is -0.135. The van der Waals surface area contributed by atoms with Gasteiger partial charge in [0, 0.05) is 25.9 Å². The quantitative estimate of drug-likeness (QED) is 0.686. The van der Waals surface area contributed by atoms with Gasteiger partial charge in [0.05, 0.1) is 5.39 Å². The van der Waals surface area contributed by atoms with Crippen LogP contribution in [0.4, 0.5) is 11.6 Å². The maximum Gasteiger partial charge on any atom is 0.222 e. The van der Waals surface area contributed by atoms with Crippen molar-refractivity contribution in [3.05, 3.63) is 42.0 Å². The minimum Gasteiger partial charge on any atom is -0.365 e. The van der Waals surface area contributed by atoms with Gasteiger partial charge in [-0.3, -0.25) is 4.79 Å². The van der Waals surface area contributed by atoms with E-state index >= 15 is 0 Å². The fourth-order valence-electron chi connectivity index (χ4n) is 2.16.